The minimum Gasteiger partial charge on any atom is -0.345 e. The van der Waals surface area contributed by atoms with Crippen LogP contribution in [0.3, 0.4) is 0 Å². The van der Waals surface area contributed by atoms with Gasteiger partial charge in [0.15, 0.2) is 0 Å². The molecule has 92 valence electrons. The number of rotatable bonds is 2. The van der Waals surface area contributed by atoms with Crippen LogP contribution in [0, 0.1) is 24.2 Å². The lowest BCUT2D eigenvalue weighted by molar-refractivity contribution is -0.124. The second-order valence-corrected chi connectivity index (χ2v) is 3.79. The van der Waals surface area contributed by atoms with Crippen LogP contribution in [0.4, 0.5) is 13.2 Å². The summed E-state index contributed by atoms with van der Waals surface area (Å²) >= 11 is 0. The minimum atomic E-state index is -4.37. The second-order valence-electron chi connectivity index (χ2n) is 3.79. The zero-order valence-corrected chi connectivity index (χ0v) is 9.21. The van der Waals surface area contributed by atoms with Crippen LogP contribution in [0.15, 0.2) is 23.8 Å². The molecule has 0 aromatic carbocycles. The molecule has 1 aliphatic carbocycles. The summed E-state index contributed by atoms with van der Waals surface area (Å²) in [4.78, 5) is 11.6. The number of allylic oxidation sites excluding steroid dienone is 3. The van der Waals surface area contributed by atoms with Crippen LogP contribution in [0.2, 0.25) is 0 Å². The maximum atomic E-state index is 12.4. The van der Waals surface area contributed by atoms with Gasteiger partial charge in [0.2, 0.25) is 5.91 Å². The van der Waals surface area contributed by atoms with Crippen LogP contribution in [0.5, 0.6) is 0 Å². The number of halogens is 3. The molecule has 0 aliphatic heterocycles. The van der Waals surface area contributed by atoms with Crippen molar-refractivity contribution in [1.82, 2.24) is 5.32 Å². The zero-order chi connectivity index (χ0) is 13.1. The van der Waals surface area contributed by atoms with Gasteiger partial charge >= 0.3 is 6.18 Å². The number of nitrogens with one attached hydrogen (secondary N) is 1. The molecule has 17 heavy (non-hydrogen) atoms. The number of alkyl halides is 3. The first-order valence-electron chi connectivity index (χ1n) is 5.04. The van der Waals surface area contributed by atoms with Gasteiger partial charge in [-0.2, -0.15) is 13.2 Å². The summed E-state index contributed by atoms with van der Waals surface area (Å²) in [6.45, 7) is 1.64. The van der Waals surface area contributed by atoms with E-state index in [0.717, 1.165) is 12.2 Å². The van der Waals surface area contributed by atoms with Crippen molar-refractivity contribution >= 4 is 5.91 Å². The Morgan fingerprint density at radius 3 is 2.71 bits per heavy atom. The largest absolute Gasteiger partial charge is 0.416 e. The van der Waals surface area contributed by atoms with Crippen LogP contribution in [-0.2, 0) is 4.79 Å². The Hall–Kier alpha value is -1.70. The number of carbonyl (C=O) groups excluding carboxylic acids is 1. The Kier molecular flexibility index (Phi) is 4.00. The molecule has 1 aliphatic rings. The van der Waals surface area contributed by atoms with E-state index in [9.17, 15) is 18.0 Å². The summed E-state index contributed by atoms with van der Waals surface area (Å²) in [6.07, 6.45) is 3.86. The zero-order valence-electron chi connectivity index (χ0n) is 9.21. The Morgan fingerprint density at radius 1 is 1.59 bits per heavy atom. The normalized spacial score (nSPS) is 23.8. The number of terminal acetylenes is 1. The van der Waals surface area contributed by atoms with E-state index in [1.807, 2.05) is 0 Å². The van der Waals surface area contributed by atoms with E-state index >= 15 is 0 Å². The van der Waals surface area contributed by atoms with E-state index in [-0.39, 0.29) is 12.5 Å². The number of hydrogen-bond donors (Lipinski definition) is 1. The summed E-state index contributed by atoms with van der Waals surface area (Å²) in [6, 6.07) is 0. The quantitative estimate of drug-likeness (QED) is 0.739. The van der Waals surface area contributed by atoms with Gasteiger partial charge in [-0.15, -0.1) is 6.42 Å². The fraction of sp³-hybridized carbons (Fsp3) is 0.417. The molecule has 0 fully saturated rings. The molecule has 0 bridgehead atoms. The molecule has 0 aromatic rings. The highest BCUT2D eigenvalue weighted by molar-refractivity contribution is 5.81. The molecule has 1 rings (SSSR count). The third-order valence-corrected chi connectivity index (χ3v) is 2.49. The van der Waals surface area contributed by atoms with Crippen LogP contribution in [0.1, 0.15) is 6.92 Å². The third-order valence-electron chi connectivity index (χ3n) is 2.49. The van der Waals surface area contributed by atoms with Crippen molar-refractivity contribution in [2.24, 2.45) is 11.8 Å². The highest BCUT2D eigenvalue weighted by atomic mass is 19.4. The summed E-state index contributed by atoms with van der Waals surface area (Å²) < 4.78 is 37.2. The molecule has 2 unspecified atom stereocenters. The van der Waals surface area contributed by atoms with E-state index in [1.54, 1.807) is 6.92 Å². The van der Waals surface area contributed by atoms with Gasteiger partial charge in [0.25, 0.3) is 0 Å². The molecule has 2 nitrogen and oxygen atoms in total. The summed E-state index contributed by atoms with van der Waals surface area (Å²) in [7, 11) is 0. The Balaban J connectivity index is 2.73. The van der Waals surface area contributed by atoms with E-state index in [1.165, 1.54) is 6.08 Å². The predicted octanol–water partition coefficient (Wildman–Crippen LogP) is 2.05. The van der Waals surface area contributed by atoms with E-state index in [2.05, 4.69) is 11.2 Å². The summed E-state index contributed by atoms with van der Waals surface area (Å²) in [5.74, 6) is 0.769. The lowest BCUT2D eigenvalue weighted by atomic mass is 9.86. The maximum Gasteiger partial charge on any atom is 0.416 e. The molecule has 5 heteroatoms. The molecule has 2 atom stereocenters. The van der Waals surface area contributed by atoms with Gasteiger partial charge in [0.1, 0.15) is 0 Å². The third kappa shape index (κ3) is 3.38. The van der Waals surface area contributed by atoms with Crippen molar-refractivity contribution in [3.63, 3.8) is 0 Å². The molecule has 0 aromatic heterocycles. The fourth-order valence-electron chi connectivity index (χ4n) is 1.60. The van der Waals surface area contributed by atoms with E-state index in [4.69, 9.17) is 6.42 Å². The highest BCUT2D eigenvalue weighted by Crippen LogP contribution is 2.33. The van der Waals surface area contributed by atoms with Crippen molar-refractivity contribution in [1.29, 1.82) is 0 Å². The van der Waals surface area contributed by atoms with E-state index in [0.29, 0.717) is 0 Å². The highest BCUT2D eigenvalue weighted by Gasteiger charge is 2.35. The first-order valence-corrected chi connectivity index (χ1v) is 5.04. The Labute approximate surface area is 97.6 Å². The number of carbonyl (C=O) groups is 1. The molecule has 0 saturated heterocycles. The van der Waals surface area contributed by atoms with Crippen molar-refractivity contribution in [3.05, 3.63) is 23.8 Å². The van der Waals surface area contributed by atoms with Gasteiger partial charge < -0.3 is 5.32 Å². The van der Waals surface area contributed by atoms with Crippen molar-refractivity contribution in [2.45, 2.75) is 13.1 Å². The molecule has 0 spiro atoms. The van der Waals surface area contributed by atoms with Gasteiger partial charge in [-0.1, -0.05) is 31.1 Å². The molecule has 0 heterocycles. The molecule has 1 N–H and O–H groups in total. The SMILES string of the molecule is C#CCNC(=O)C1C=CC(C(F)(F)F)=CC1C. The average molecular weight is 243 g/mol. The first-order chi connectivity index (χ1) is 7.86. The maximum absolute atomic E-state index is 12.4. The molecule has 1 amide bonds. The first kappa shape index (κ1) is 13.4. The molecular formula is C12H12F3NO. The molecule has 0 saturated carbocycles. The number of hydrogen-bond acceptors (Lipinski definition) is 1. The van der Waals surface area contributed by atoms with Gasteiger partial charge in [0.05, 0.1) is 18.0 Å². The van der Waals surface area contributed by atoms with Crippen molar-refractivity contribution in [2.75, 3.05) is 6.54 Å². The smallest absolute Gasteiger partial charge is 0.345 e. The standard InChI is InChI=1S/C12H12F3NO/c1-3-6-16-11(17)10-5-4-9(7-8(10)2)12(13,14)15/h1,4-5,7-8,10H,6H2,2H3,(H,16,17). The molecule has 0 radical (unpaired) electrons. The average Bonchev–Trinajstić information content (AvgIpc) is 2.24. The van der Waals surface area contributed by atoms with Crippen LogP contribution in [0.25, 0.3) is 0 Å². The predicted molar refractivity (Wildman–Crippen MR) is 57.8 cm³/mol. The topological polar surface area (TPSA) is 29.1 Å². The lowest BCUT2D eigenvalue weighted by Crippen LogP contribution is -2.34. The van der Waals surface area contributed by atoms with Crippen LogP contribution in [-0.4, -0.2) is 18.6 Å². The van der Waals surface area contributed by atoms with E-state index < -0.39 is 23.6 Å². The monoisotopic (exact) mass is 243 g/mol. The van der Waals surface area contributed by atoms with Gasteiger partial charge in [-0.3, -0.25) is 4.79 Å². The second kappa shape index (κ2) is 5.09. The summed E-state index contributed by atoms with van der Waals surface area (Å²) in [5.41, 5.74) is -0.717. The minimum absolute atomic E-state index is 0.0751. The van der Waals surface area contributed by atoms with Crippen molar-refractivity contribution in [3.8, 4) is 12.3 Å². The fourth-order valence-corrected chi connectivity index (χ4v) is 1.60. The molecular weight excluding hydrogens is 231 g/mol. The van der Waals surface area contributed by atoms with Gasteiger partial charge in [-0.25, -0.2) is 0 Å². The lowest BCUT2D eigenvalue weighted by Gasteiger charge is -2.22. The van der Waals surface area contributed by atoms with Gasteiger partial charge in [-0.05, 0) is 5.92 Å². The van der Waals surface area contributed by atoms with Crippen molar-refractivity contribution < 1.29 is 18.0 Å². The Morgan fingerprint density at radius 2 is 2.24 bits per heavy atom. The van der Waals surface area contributed by atoms with Crippen LogP contribution < -0.4 is 5.32 Å². The number of amides is 1. The summed E-state index contributed by atoms with van der Waals surface area (Å²) in [5, 5.41) is 2.45. The van der Waals surface area contributed by atoms with Gasteiger partial charge in [0, 0.05) is 0 Å². The van der Waals surface area contributed by atoms with Crippen LogP contribution >= 0.6 is 0 Å². The Bertz CT molecular complexity index is 401.